The van der Waals surface area contributed by atoms with Gasteiger partial charge in [-0.25, -0.2) is 0 Å². The van der Waals surface area contributed by atoms with Crippen LogP contribution in [0.3, 0.4) is 0 Å². The number of rotatable bonds is 5. The van der Waals surface area contributed by atoms with Crippen molar-refractivity contribution < 1.29 is 9.90 Å². The Kier molecular flexibility index (Phi) is 4.81. The SMILES string of the molecule is Cc1nnc(N(CC(=O)O)CC(C)C)c(C#N)c1C. The lowest BCUT2D eigenvalue weighted by molar-refractivity contribution is -0.135. The first kappa shape index (κ1) is 14.9. The van der Waals surface area contributed by atoms with Crippen LogP contribution < -0.4 is 4.90 Å². The quantitative estimate of drug-likeness (QED) is 0.865. The van der Waals surface area contributed by atoms with E-state index in [0.29, 0.717) is 23.6 Å². The van der Waals surface area contributed by atoms with Crippen molar-refractivity contribution in [2.75, 3.05) is 18.0 Å². The smallest absolute Gasteiger partial charge is 0.323 e. The number of hydrogen-bond acceptors (Lipinski definition) is 5. The van der Waals surface area contributed by atoms with E-state index < -0.39 is 5.97 Å². The molecular formula is C13H18N4O2. The Bertz CT molecular complexity index is 520. The molecule has 6 nitrogen and oxygen atoms in total. The maximum atomic E-state index is 10.9. The molecule has 0 atom stereocenters. The highest BCUT2D eigenvalue weighted by molar-refractivity contribution is 5.74. The fourth-order valence-corrected chi connectivity index (χ4v) is 1.78. The molecule has 1 aromatic rings. The van der Waals surface area contributed by atoms with Crippen molar-refractivity contribution in [3.05, 3.63) is 16.8 Å². The first-order valence-electron chi connectivity index (χ1n) is 6.07. The molecule has 6 heteroatoms. The minimum absolute atomic E-state index is 0.190. The Balaban J connectivity index is 3.26. The summed E-state index contributed by atoms with van der Waals surface area (Å²) in [5, 5.41) is 26.2. The minimum Gasteiger partial charge on any atom is -0.480 e. The van der Waals surface area contributed by atoms with Crippen molar-refractivity contribution in [2.45, 2.75) is 27.7 Å². The summed E-state index contributed by atoms with van der Waals surface area (Å²) in [5.74, 6) is -0.347. The Morgan fingerprint density at radius 3 is 2.53 bits per heavy atom. The monoisotopic (exact) mass is 262 g/mol. The first-order valence-corrected chi connectivity index (χ1v) is 6.07. The van der Waals surface area contributed by atoms with Crippen LogP contribution >= 0.6 is 0 Å². The van der Waals surface area contributed by atoms with Crippen molar-refractivity contribution in [1.82, 2.24) is 10.2 Å². The number of carboxylic acid groups (broad SMARTS) is 1. The molecule has 102 valence electrons. The third-order valence-electron chi connectivity index (χ3n) is 2.76. The van der Waals surface area contributed by atoms with Crippen LogP contribution in [0.1, 0.15) is 30.7 Å². The third kappa shape index (κ3) is 3.65. The van der Waals surface area contributed by atoms with Crippen LogP contribution in [0.25, 0.3) is 0 Å². The van der Waals surface area contributed by atoms with Gasteiger partial charge in [0.25, 0.3) is 0 Å². The van der Waals surface area contributed by atoms with Crippen LogP contribution in [0.5, 0.6) is 0 Å². The molecule has 0 unspecified atom stereocenters. The van der Waals surface area contributed by atoms with Crippen molar-refractivity contribution in [1.29, 1.82) is 5.26 Å². The molecule has 19 heavy (non-hydrogen) atoms. The number of anilines is 1. The summed E-state index contributed by atoms with van der Waals surface area (Å²) in [7, 11) is 0. The van der Waals surface area contributed by atoms with E-state index in [1.54, 1.807) is 18.7 Å². The fraction of sp³-hybridized carbons (Fsp3) is 0.538. The van der Waals surface area contributed by atoms with E-state index in [2.05, 4.69) is 16.3 Å². The van der Waals surface area contributed by atoms with Crippen LogP contribution in [0, 0.1) is 31.1 Å². The second kappa shape index (κ2) is 6.14. The molecule has 0 bridgehead atoms. The average molecular weight is 262 g/mol. The first-order chi connectivity index (χ1) is 8.86. The van der Waals surface area contributed by atoms with Gasteiger partial charge in [0.1, 0.15) is 18.2 Å². The Morgan fingerprint density at radius 1 is 1.42 bits per heavy atom. The summed E-state index contributed by atoms with van der Waals surface area (Å²) >= 11 is 0. The molecule has 0 aromatic carbocycles. The lowest BCUT2D eigenvalue weighted by atomic mass is 10.1. The molecule has 0 aliphatic carbocycles. The predicted molar refractivity (Wildman–Crippen MR) is 70.9 cm³/mol. The summed E-state index contributed by atoms with van der Waals surface area (Å²) in [5.41, 5.74) is 1.82. The van der Waals surface area contributed by atoms with Crippen molar-refractivity contribution in [3.63, 3.8) is 0 Å². The molecule has 0 amide bonds. The van der Waals surface area contributed by atoms with Crippen molar-refractivity contribution >= 4 is 11.8 Å². The number of carbonyl (C=O) groups is 1. The second-order valence-electron chi connectivity index (χ2n) is 4.89. The minimum atomic E-state index is -0.954. The Hall–Kier alpha value is -2.16. The molecule has 1 N–H and O–H groups in total. The molecule has 0 saturated heterocycles. The largest absolute Gasteiger partial charge is 0.480 e. The summed E-state index contributed by atoms with van der Waals surface area (Å²) in [6.45, 7) is 7.85. The molecule has 0 spiro atoms. The highest BCUT2D eigenvalue weighted by atomic mass is 16.4. The van der Waals surface area contributed by atoms with Crippen LogP contribution in [-0.4, -0.2) is 34.4 Å². The normalized spacial score (nSPS) is 10.3. The molecule has 0 radical (unpaired) electrons. The van der Waals surface area contributed by atoms with E-state index in [0.717, 1.165) is 5.56 Å². The van der Waals surface area contributed by atoms with Gasteiger partial charge in [-0.15, -0.1) is 5.10 Å². The number of carboxylic acids is 1. The van der Waals surface area contributed by atoms with Gasteiger partial charge in [-0.1, -0.05) is 13.8 Å². The average Bonchev–Trinajstić information content (AvgIpc) is 2.30. The van der Waals surface area contributed by atoms with Crippen LogP contribution in [0.2, 0.25) is 0 Å². The predicted octanol–water partition coefficient (Wildman–Crippen LogP) is 1.51. The second-order valence-corrected chi connectivity index (χ2v) is 4.89. The van der Waals surface area contributed by atoms with E-state index >= 15 is 0 Å². The number of aliphatic carboxylic acids is 1. The van der Waals surface area contributed by atoms with Crippen LogP contribution in [-0.2, 0) is 4.79 Å². The van der Waals surface area contributed by atoms with Gasteiger partial charge < -0.3 is 10.0 Å². The summed E-state index contributed by atoms with van der Waals surface area (Å²) in [6, 6.07) is 2.09. The van der Waals surface area contributed by atoms with E-state index in [9.17, 15) is 10.1 Å². The molecule has 0 saturated carbocycles. The lowest BCUT2D eigenvalue weighted by Gasteiger charge is -2.24. The number of hydrogen-bond donors (Lipinski definition) is 1. The van der Waals surface area contributed by atoms with Gasteiger partial charge in [0.15, 0.2) is 5.82 Å². The molecule has 0 aliphatic heterocycles. The Labute approximate surface area is 112 Å². The molecule has 0 aliphatic rings. The van der Waals surface area contributed by atoms with Crippen LogP contribution in [0.15, 0.2) is 0 Å². The van der Waals surface area contributed by atoms with Gasteiger partial charge in [-0.05, 0) is 25.3 Å². The van der Waals surface area contributed by atoms with Gasteiger partial charge in [-0.2, -0.15) is 10.4 Å². The number of nitrogens with zero attached hydrogens (tertiary/aromatic N) is 4. The maximum absolute atomic E-state index is 10.9. The summed E-state index contributed by atoms with van der Waals surface area (Å²) in [6.07, 6.45) is 0. The van der Waals surface area contributed by atoms with E-state index in [1.807, 2.05) is 13.8 Å². The van der Waals surface area contributed by atoms with Gasteiger partial charge in [0.2, 0.25) is 0 Å². The summed E-state index contributed by atoms with van der Waals surface area (Å²) < 4.78 is 0. The van der Waals surface area contributed by atoms with E-state index in [4.69, 9.17) is 5.11 Å². The zero-order chi connectivity index (χ0) is 14.6. The summed E-state index contributed by atoms with van der Waals surface area (Å²) in [4.78, 5) is 12.5. The Morgan fingerprint density at radius 2 is 2.05 bits per heavy atom. The molecule has 1 heterocycles. The fourth-order valence-electron chi connectivity index (χ4n) is 1.78. The zero-order valence-electron chi connectivity index (χ0n) is 11.6. The number of aryl methyl sites for hydroxylation is 1. The van der Waals surface area contributed by atoms with Gasteiger partial charge in [0.05, 0.1) is 5.69 Å². The number of aromatic nitrogens is 2. The van der Waals surface area contributed by atoms with Gasteiger partial charge in [-0.3, -0.25) is 4.79 Å². The zero-order valence-corrected chi connectivity index (χ0v) is 11.6. The molecule has 1 aromatic heterocycles. The standard InChI is InChI=1S/C13H18N4O2/c1-8(2)6-17(7-12(18)19)13-11(5-14)9(3)10(4)15-16-13/h8H,6-7H2,1-4H3,(H,18,19). The van der Waals surface area contributed by atoms with E-state index in [-0.39, 0.29) is 12.5 Å². The maximum Gasteiger partial charge on any atom is 0.323 e. The van der Waals surface area contributed by atoms with Crippen molar-refractivity contribution in [3.8, 4) is 6.07 Å². The lowest BCUT2D eigenvalue weighted by Crippen LogP contribution is -2.34. The topological polar surface area (TPSA) is 90.1 Å². The van der Waals surface area contributed by atoms with Gasteiger partial charge in [0, 0.05) is 6.54 Å². The van der Waals surface area contributed by atoms with E-state index in [1.165, 1.54) is 0 Å². The van der Waals surface area contributed by atoms with Crippen molar-refractivity contribution in [2.24, 2.45) is 5.92 Å². The third-order valence-corrected chi connectivity index (χ3v) is 2.76. The molecule has 0 fully saturated rings. The molecular weight excluding hydrogens is 244 g/mol. The molecule has 1 rings (SSSR count). The highest BCUT2D eigenvalue weighted by Crippen LogP contribution is 2.21. The highest BCUT2D eigenvalue weighted by Gasteiger charge is 2.20. The van der Waals surface area contributed by atoms with Crippen LogP contribution in [0.4, 0.5) is 5.82 Å². The number of nitriles is 1. The van der Waals surface area contributed by atoms with Gasteiger partial charge >= 0.3 is 5.97 Å².